The lowest BCUT2D eigenvalue weighted by atomic mass is 9.47. The molecule has 1 saturated carbocycles. The molecule has 1 spiro atoms. The highest BCUT2D eigenvalue weighted by Crippen LogP contribution is 2.67. The van der Waals surface area contributed by atoms with Crippen molar-refractivity contribution in [3.8, 4) is 5.75 Å². The maximum Gasteiger partial charge on any atom is 0.322 e. The van der Waals surface area contributed by atoms with Crippen LogP contribution in [0.5, 0.6) is 5.75 Å². The number of fused-ring (bicyclic) bond motifs is 4. The molecule has 5 N–H and O–H groups in total. The summed E-state index contributed by atoms with van der Waals surface area (Å²) in [6.07, 6.45) is 10.1. The molecule has 0 bridgehead atoms. The number of nitrogens with one attached hydrogen (secondary N) is 2. The Morgan fingerprint density at radius 1 is 1.07 bits per heavy atom. The Labute approximate surface area is 446 Å². The molecular formula is C54H76N10O8SSi2. The number of anilines is 1. The van der Waals surface area contributed by atoms with Crippen molar-refractivity contribution in [2.75, 3.05) is 64.5 Å². The number of H-pyrrole nitrogens is 1. The van der Waals surface area contributed by atoms with Crippen molar-refractivity contribution in [3.05, 3.63) is 99.3 Å². The van der Waals surface area contributed by atoms with Crippen molar-refractivity contribution in [2.24, 2.45) is 10.5 Å². The number of methoxy groups -OCH3 is 2. The number of rotatable bonds is 19. The molecule has 9 rings (SSSR count). The van der Waals surface area contributed by atoms with E-state index in [9.17, 15) is 15.3 Å². The summed E-state index contributed by atoms with van der Waals surface area (Å²) in [6, 6.07) is 11.5. The molecule has 75 heavy (non-hydrogen) atoms. The summed E-state index contributed by atoms with van der Waals surface area (Å²) in [5, 5.41) is 46.8. The van der Waals surface area contributed by atoms with E-state index in [2.05, 4.69) is 97.5 Å². The number of hydrogen-bond donors (Lipinski definition) is 5. The molecule has 2 fully saturated rings. The molecule has 21 heteroatoms. The van der Waals surface area contributed by atoms with Gasteiger partial charge in [0.15, 0.2) is 27.4 Å². The number of aromatic nitrogens is 3. The zero-order chi connectivity index (χ0) is 53.7. The summed E-state index contributed by atoms with van der Waals surface area (Å²) < 4.78 is 19.3. The molecule has 8 atom stereocenters. The number of benzene rings is 2. The van der Waals surface area contributed by atoms with Crippen LogP contribution in [0, 0.1) is 5.41 Å². The van der Waals surface area contributed by atoms with Gasteiger partial charge in [-0.15, -0.1) is 0 Å². The van der Waals surface area contributed by atoms with Gasteiger partial charge >= 0.3 is 5.97 Å². The second kappa shape index (κ2) is 21.2. The highest BCUT2D eigenvalue weighted by molar-refractivity contribution is 8.00. The molecule has 1 aliphatic carbocycles. The summed E-state index contributed by atoms with van der Waals surface area (Å²) in [4.78, 5) is 52.6. The van der Waals surface area contributed by atoms with E-state index in [1.165, 1.54) is 7.11 Å². The largest absolute Gasteiger partial charge is 0.496 e. The molecule has 2 aromatic heterocycles. The first-order chi connectivity index (χ1) is 35.9. The maximum absolute atomic E-state index is 15.4. The van der Waals surface area contributed by atoms with E-state index in [4.69, 9.17) is 19.1 Å². The van der Waals surface area contributed by atoms with Crippen LogP contribution in [0.4, 0.5) is 5.69 Å². The Bertz CT molecular complexity index is 2870. The summed E-state index contributed by atoms with van der Waals surface area (Å²) in [5.41, 5.74) is 8.59. The fourth-order valence-electron chi connectivity index (χ4n) is 14.5. The van der Waals surface area contributed by atoms with E-state index in [0.29, 0.717) is 61.8 Å². The number of carbonyl (C=O) groups is 2. The first kappa shape index (κ1) is 55.0. The number of aliphatic hydroxyl groups is 3. The highest BCUT2D eigenvalue weighted by atomic mass is 32.2. The molecular weight excluding hydrogens is 1000 g/mol. The van der Waals surface area contributed by atoms with Crippen molar-refractivity contribution in [1.82, 2.24) is 30.1 Å². The van der Waals surface area contributed by atoms with Crippen molar-refractivity contribution >= 4 is 56.9 Å². The predicted octanol–water partition coefficient (Wildman–Crippen LogP) is 7.07. The molecule has 1 saturated heterocycles. The summed E-state index contributed by atoms with van der Waals surface area (Å²) in [7, 11) is 0.483. The number of para-hydroxylation sites is 1. The average molecular weight is 1080 g/mol. The van der Waals surface area contributed by atoms with Gasteiger partial charge in [-0.25, -0.2) is 9.97 Å². The molecule has 5 aliphatic rings. The Morgan fingerprint density at radius 3 is 2.52 bits per heavy atom. The lowest BCUT2D eigenvalue weighted by Crippen LogP contribution is -2.81. The Morgan fingerprint density at radius 2 is 1.83 bits per heavy atom. The lowest BCUT2D eigenvalue weighted by Gasteiger charge is -2.63. The molecule has 4 aliphatic heterocycles. The van der Waals surface area contributed by atoms with E-state index in [-0.39, 0.29) is 38.3 Å². The van der Waals surface area contributed by atoms with Gasteiger partial charge in [0, 0.05) is 106 Å². The average Bonchev–Trinajstić information content (AvgIpc) is 4.23. The molecule has 1 amide bonds. The molecule has 4 aromatic rings. The zero-order valence-corrected chi connectivity index (χ0v) is 47.9. The van der Waals surface area contributed by atoms with Gasteiger partial charge in [-0.1, -0.05) is 67.5 Å². The van der Waals surface area contributed by atoms with Crippen molar-refractivity contribution in [1.29, 1.82) is 0 Å². The monoisotopic (exact) mass is 1080 g/mol. The van der Waals surface area contributed by atoms with Crippen molar-refractivity contribution < 1.29 is 38.5 Å². The molecule has 2 aromatic carbocycles. The van der Waals surface area contributed by atoms with Crippen molar-refractivity contribution in [3.63, 3.8) is 0 Å². The van der Waals surface area contributed by atoms with Crippen LogP contribution in [0.15, 0.2) is 71.2 Å². The molecule has 0 unspecified atom stereocenters. The number of azide groups is 1. The van der Waals surface area contributed by atoms with Gasteiger partial charge < -0.3 is 44.1 Å². The van der Waals surface area contributed by atoms with Crippen LogP contribution >= 0.6 is 11.8 Å². The quantitative estimate of drug-likeness (QED) is 0.00728. The molecule has 0 radical (unpaired) electrons. The summed E-state index contributed by atoms with van der Waals surface area (Å²) in [6.45, 7) is 15.2. The topological polar surface area (TPSA) is 235 Å². The Hall–Kier alpha value is -4.81. The number of esters is 1. The third-order valence-electron chi connectivity index (χ3n) is 17.4. The Kier molecular flexibility index (Phi) is 15.5. The SMILES string of the molecule is CCC[C@H]1C[C@](C(=O)OC)(c2cc3c(cc2OC)N(C)[C@H]2[C@@](O)(C(=O)NCCC[Si](C)(C)O[Si](C)(C)CSc4ncc(CN=[N+]=[N-])cn4)[C@H](O)[C@]4(CC)C=CCN5CC[C@]32[C@@H]54)c2[nH]c3ccccc3c2CCN1CO. The van der Waals surface area contributed by atoms with Gasteiger partial charge in [-0.05, 0) is 112 Å². The third-order valence-corrected chi connectivity index (χ3v) is 27.2. The minimum atomic E-state index is -2.29. The first-order valence-electron chi connectivity index (χ1n) is 26.6. The minimum absolute atomic E-state index is 0.174. The number of aromatic amines is 1. The number of likely N-dealkylation sites (N-methyl/N-ethyl adjacent to an activating group) is 1. The summed E-state index contributed by atoms with van der Waals surface area (Å²) in [5.74, 6) is -0.619. The van der Waals surface area contributed by atoms with E-state index < -0.39 is 62.5 Å². The maximum atomic E-state index is 15.4. The fourth-order valence-corrected chi connectivity index (χ4v) is 24.9. The van der Waals surface area contributed by atoms with Gasteiger partial charge in [0.05, 0.1) is 33.5 Å². The van der Waals surface area contributed by atoms with Gasteiger partial charge in [-0.2, -0.15) is 0 Å². The molecule has 18 nitrogen and oxygen atoms in total. The Balaban J connectivity index is 1.07. The van der Waals surface area contributed by atoms with Crippen LogP contribution in [-0.4, -0.2) is 158 Å². The van der Waals surface area contributed by atoms with E-state index in [1.54, 1.807) is 31.3 Å². The second-order valence-electron chi connectivity index (χ2n) is 22.7. The van der Waals surface area contributed by atoms with Crippen LogP contribution in [0.1, 0.15) is 80.3 Å². The highest BCUT2D eigenvalue weighted by Gasteiger charge is 2.78. The van der Waals surface area contributed by atoms with E-state index in [1.807, 2.05) is 43.1 Å². The number of hydrogen-bond acceptors (Lipinski definition) is 15. The third kappa shape index (κ3) is 9.11. The molecule has 404 valence electrons. The van der Waals surface area contributed by atoms with Crippen LogP contribution in [0.25, 0.3) is 21.3 Å². The van der Waals surface area contributed by atoms with Crippen LogP contribution < -0.4 is 15.0 Å². The minimum Gasteiger partial charge on any atom is -0.496 e. The van der Waals surface area contributed by atoms with Crippen molar-refractivity contribution in [2.45, 2.75) is 143 Å². The number of thioether (sulfide) groups is 1. The van der Waals surface area contributed by atoms with Gasteiger partial charge in [0.25, 0.3) is 5.91 Å². The lowest BCUT2D eigenvalue weighted by molar-refractivity contribution is -0.203. The van der Waals surface area contributed by atoms with Crippen LogP contribution in [0.3, 0.4) is 0 Å². The standard InChI is InChI=1S/C54H76N10O8SSi2/c1-10-16-36-29-53(49(68)71-5,44-38(19-24-64(36)33-65)37-17-12-13-18-41(37)60-44)40-27-39-42(28-43(40)70-4)62(3)46-52(39)21-25-63-23-14-20-51(11-2,45(52)63)47(66)54(46,69)48(67)56-22-15-26-74(6,7)72-75(8,9)34-73-50-57-30-35(31-58-50)32-59-61-55/h12-14,17-18,20,27-28,30-31,36,45-47,60,65-66,69H,10-11,15-16,19,21-26,29,32-34H2,1-9H3,(H,56,67)/t36-,45-,46+,47+,51+,52+,53-,54-/m0/s1. The first-order valence-corrected chi connectivity index (χ1v) is 33.8. The fraction of sp³-hybridized carbons (Fsp3) is 0.593. The zero-order valence-electron chi connectivity index (χ0n) is 45.1. The van der Waals surface area contributed by atoms with Crippen LogP contribution in [0.2, 0.25) is 32.2 Å². The van der Waals surface area contributed by atoms with E-state index in [0.717, 1.165) is 63.2 Å². The van der Waals surface area contributed by atoms with Gasteiger partial charge in [0.1, 0.15) is 17.3 Å². The van der Waals surface area contributed by atoms with Gasteiger partial charge in [-0.3, -0.25) is 19.4 Å². The number of carbonyl (C=O) groups excluding carboxylic acids is 2. The normalized spacial score (nSPS) is 28.4. The van der Waals surface area contributed by atoms with Crippen LogP contribution in [-0.2, 0) is 42.2 Å². The number of nitrogens with zero attached hydrogens (tertiary/aromatic N) is 8. The van der Waals surface area contributed by atoms with Gasteiger partial charge in [0.2, 0.25) is 0 Å². The number of amides is 1. The number of aliphatic hydroxyl groups excluding tert-OH is 2. The summed E-state index contributed by atoms with van der Waals surface area (Å²) >= 11 is 1.55. The number of ether oxygens (including phenoxy) is 2. The predicted molar refractivity (Wildman–Crippen MR) is 296 cm³/mol. The molecule has 6 heterocycles. The van der Waals surface area contributed by atoms with E-state index >= 15 is 9.59 Å². The second-order valence-corrected chi connectivity index (χ2v) is 32.8. The smallest absolute Gasteiger partial charge is 0.322 e.